The number of nitrogens with one attached hydrogen (secondary N) is 1. The van der Waals surface area contributed by atoms with Gasteiger partial charge in [0.15, 0.2) is 17.0 Å². The van der Waals surface area contributed by atoms with Gasteiger partial charge in [-0.2, -0.15) is 18.3 Å². The number of amides is 1. The van der Waals surface area contributed by atoms with Crippen LogP contribution in [0.1, 0.15) is 16.2 Å². The lowest BCUT2D eigenvalue weighted by Crippen LogP contribution is -2.15. The van der Waals surface area contributed by atoms with Crippen molar-refractivity contribution in [3.05, 3.63) is 69.3 Å². The van der Waals surface area contributed by atoms with E-state index in [2.05, 4.69) is 15.4 Å². The van der Waals surface area contributed by atoms with Gasteiger partial charge in [-0.15, -0.1) is 11.3 Å². The van der Waals surface area contributed by atoms with E-state index in [9.17, 15) is 18.0 Å². The number of carbonyl (C=O) groups excluding carboxylic acids is 1. The number of rotatable bonds is 3. The maximum absolute atomic E-state index is 13.6. The maximum atomic E-state index is 13.6. The maximum Gasteiger partial charge on any atom is 0.433 e. The van der Waals surface area contributed by atoms with E-state index in [0.717, 1.165) is 6.07 Å². The molecule has 3 aromatic heterocycles. The molecule has 0 fully saturated rings. The summed E-state index contributed by atoms with van der Waals surface area (Å²) >= 11 is 13.3. The van der Waals surface area contributed by atoms with Crippen molar-refractivity contribution >= 4 is 51.8 Å². The SMILES string of the molecule is O=C(Nc1cccc(Cl)c1)c1nn2c(C(F)(F)F)cc(-c3cccs3)nc2c1Cl. The van der Waals surface area contributed by atoms with Gasteiger partial charge in [-0.25, -0.2) is 9.50 Å². The first-order chi connectivity index (χ1) is 13.7. The number of thiophene rings is 1. The van der Waals surface area contributed by atoms with E-state index in [1.807, 2.05) is 0 Å². The second-order valence-corrected chi connectivity index (χ2v) is 7.63. The zero-order valence-electron chi connectivity index (χ0n) is 14.2. The molecule has 148 valence electrons. The standard InChI is InChI=1S/C18H9Cl2F3N4OS/c19-9-3-1-4-10(7-9)24-17(28)15-14(20)16-25-11(12-5-2-6-29-12)8-13(18(21,22)23)27(16)26-15/h1-8H,(H,24,28). The Morgan fingerprint density at radius 2 is 1.93 bits per heavy atom. The average molecular weight is 457 g/mol. The normalized spacial score (nSPS) is 11.8. The van der Waals surface area contributed by atoms with Crippen LogP contribution in [-0.2, 0) is 6.18 Å². The molecule has 4 rings (SSSR count). The van der Waals surface area contributed by atoms with Crippen LogP contribution in [0.4, 0.5) is 18.9 Å². The van der Waals surface area contributed by atoms with Gasteiger partial charge in [0.25, 0.3) is 5.91 Å². The molecular weight excluding hydrogens is 448 g/mol. The second-order valence-electron chi connectivity index (χ2n) is 5.86. The van der Waals surface area contributed by atoms with Crippen LogP contribution in [0, 0.1) is 0 Å². The summed E-state index contributed by atoms with van der Waals surface area (Å²) in [5.41, 5.74) is -1.30. The largest absolute Gasteiger partial charge is 0.433 e. The van der Waals surface area contributed by atoms with Crippen LogP contribution in [0.2, 0.25) is 10.0 Å². The Bertz CT molecular complexity index is 1220. The highest BCUT2D eigenvalue weighted by atomic mass is 35.5. The van der Waals surface area contributed by atoms with Crippen molar-refractivity contribution in [3.8, 4) is 10.6 Å². The molecule has 0 aliphatic carbocycles. The summed E-state index contributed by atoms with van der Waals surface area (Å²) in [7, 11) is 0. The Morgan fingerprint density at radius 3 is 2.59 bits per heavy atom. The molecule has 3 heterocycles. The minimum absolute atomic E-state index is 0.0865. The summed E-state index contributed by atoms with van der Waals surface area (Å²) in [5, 5.41) is 8.11. The van der Waals surface area contributed by atoms with Crippen molar-refractivity contribution in [1.29, 1.82) is 0 Å². The quantitative estimate of drug-likeness (QED) is 0.409. The molecule has 0 spiro atoms. The summed E-state index contributed by atoms with van der Waals surface area (Å²) in [4.78, 5) is 17.3. The van der Waals surface area contributed by atoms with Crippen molar-refractivity contribution in [2.45, 2.75) is 6.18 Å². The molecule has 1 aromatic carbocycles. The number of halogens is 5. The fourth-order valence-electron chi connectivity index (χ4n) is 2.65. The lowest BCUT2D eigenvalue weighted by atomic mass is 10.2. The Labute approximate surface area is 175 Å². The third-order valence-corrected chi connectivity index (χ3v) is 5.37. The Morgan fingerprint density at radius 1 is 1.14 bits per heavy atom. The topological polar surface area (TPSA) is 59.3 Å². The van der Waals surface area contributed by atoms with Crippen LogP contribution < -0.4 is 5.32 Å². The fourth-order valence-corrected chi connectivity index (χ4v) is 3.77. The lowest BCUT2D eigenvalue weighted by Gasteiger charge is -2.10. The molecule has 1 N–H and O–H groups in total. The van der Waals surface area contributed by atoms with E-state index in [1.54, 1.807) is 35.7 Å². The van der Waals surface area contributed by atoms with Crippen molar-refractivity contribution in [2.75, 3.05) is 5.32 Å². The molecule has 0 aliphatic rings. The van der Waals surface area contributed by atoms with Gasteiger partial charge in [0, 0.05) is 10.7 Å². The Hall–Kier alpha value is -2.62. The van der Waals surface area contributed by atoms with Gasteiger partial charge in [0.2, 0.25) is 0 Å². The predicted octanol–water partition coefficient (Wildman–Crippen LogP) is 6.04. The first-order valence-corrected chi connectivity index (χ1v) is 9.65. The van der Waals surface area contributed by atoms with Crippen molar-refractivity contribution in [1.82, 2.24) is 14.6 Å². The van der Waals surface area contributed by atoms with Gasteiger partial charge >= 0.3 is 6.18 Å². The van der Waals surface area contributed by atoms with Gasteiger partial charge in [0.05, 0.1) is 10.6 Å². The monoisotopic (exact) mass is 456 g/mol. The van der Waals surface area contributed by atoms with Crippen molar-refractivity contribution in [2.24, 2.45) is 0 Å². The van der Waals surface area contributed by atoms with E-state index in [1.165, 1.54) is 17.4 Å². The number of anilines is 1. The molecule has 5 nitrogen and oxygen atoms in total. The van der Waals surface area contributed by atoms with Crippen molar-refractivity contribution in [3.63, 3.8) is 0 Å². The van der Waals surface area contributed by atoms with E-state index in [0.29, 0.717) is 20.1 Å². The molecule has 11 heteroatoms. The molecule has 29 heavy (non-hydrogen) atoms. The summed E-state index contributed by atoms with van der Waals surface area (Å²) in [6, 6.07) is 10.5. The minimum Gasteiger partial charge on any atom is -0.320 e. The highest BCUT2D eigenvalue weighted by Crippen LogP contribution is 2.35. The van der Waals surface area contributed by atoms with Crippen LogP contribution >= 0.6 is 34.5 Å². The van der Waals surface area contributed by atoms with Gasteiger partial charge in [-0.3, -0.25) is 4.79 Å². The molecule has 0 bridgehead atoms. The zero-order valence-corrected chi connectivity index (χ0v) is 16.5. The number of benzene rings is 1. The van der Waals surface area contributed by atoms with Crippen LogP contribution in [0.3, 0.4) is 0 Å². The zero-order chi connectivity index (χ0) is 20.8. The molecule has 1 amide bonds. The number of nitrogens with zero attached hydrogens (tertiary/aromatic N) is 3. The molecular formula is C18H9Cl2F3N4OS. The molecule has 0 saturated heterocycles. The molecule has 4 aromatic rings. The van der Waals surface area contributed by atoms with E-state index >= 15 is 0 Å². The molecule has 0 radical (unpaired) electrons. The van der Waals surface area contributed by atoms with Crippen LogP contribution in [0.15, 0.2) is 47.8 Å². The lowest BCUT2D eigenvalue weighted by molar-refractivity contribution is -0.142. The summed E-state index contributed by atoms with van der Waals surface area (Å²) in [6.45, 7) is 0. The number of hydrogen-bond donors (Lipinski definition) is 1. The number of aromatic nitrogens is 3. The number of carbonyl (C=O) groups is 1. The van der Waals surface area contributed by atoms with Crippen molar-refractivity contribution < 1.29 is 18.0 Å². The molecule has 0 aliphatic heterocycles. The first kappa shape index (κ1) is 19.7. The molecule has 0 unspecified atom stereocenters. The number of alkyl halides is 3. The van der Waals surface area contributed by atoms with E-state index in [-0.39, 0.29) is 22.1 Å². The molecule has 0 atom stereocenters. The smallest absolute Gasteiger partial charge is 0.320 e. The first-order valence-electron chi connectivity index (χ1n) is 8.01. The van der Waals surface area contributed by atoms with Gasteiger partial charge in [-0.05, 0) is 35.7 Å². The highest BCUT2D eigenvalue weighted by Gasteiger charge is 2.36. The molecule has 0 saturated carbocycles. The van der Waals surface area contributed by atoms with Gasteiger partial charge in [0.1, 0.15) is 5.02 Å². The van der Waals surface area contributed by atoms with Crippen LogP contribution in [0.25, 0.3) is 16.2 Å². The Balaban J connectivity index is 1.84. The summed E-state index contributed by atoms with van der Waals surface area (Å²) in [5.74, 6) is -0.784. The second kappa shape index (κ2) is 7.33. The average Bonchev–Trinajstić information content (AvgIpc) is 3.29. The number of fused-ring (bicyclic) bond motifs is 1. The fraction of sp³-hybridized carbons (Fsp3) is 0.0556. The van der Waals surface area contributed by atoms with Gasteiger partial charge < -0.3 is 5.32 Å². The van der Waals surface area contributed by atoms with E-state index in [4.69, 9.17) is 23.2 Å². The van der Waals surface area contributed by atoms with E-state index < -0.39 is 17.8 Å². The predicted molar refractivity (Wildman–Crippen MR) is 106 cm³/mol. The third kappa shape index (κ3) is 3.81. The third-order valence-electron chi connectivity index (χ3n) is 3.89. The van der Waals surface area contributed by atoms with Crippen LogP contribution in [0.5, 0.6) is 0 Å². The summed E-state index contributed by atoms with van der Waals surface area (Å²) in [6.07, 6.45) is -4.73. The Kier molecular flexibility index (Phi) is 4.97. The van der Waals surface area contributed by atoms with Gasteiger partial charge in [-0.1, -0.05) is 35.3 Å². The highest BCUT2D eigenvalue weighted by molar-refractivity contribution is 7.13. The van der Waals surface area contributed by atoms with Crippen LogP contribution in [-0.4, -0.2) is 20.5 Å². The minimum atomic E-state index is -4.73. The number of hydrogen-bond acceptors (Lipinski definition) is 4. The summed E-state index contributed by atoms with van der Waals surface area (Å²) < 4.78 is 41.4.